The van der Waals surface area contributed by atoms with Crippen molar-refractivity contribution in [2.45, 2.75) is 6.92 Å². The second kappa shape index (κ2) is 4.60. The van der Waals surface area contributed by atoms with Crippen molar-refractivity contribution in [3.63, 3.8) is 0 Å². The molecule has 0 saturated heterocycles. The minimum absolute atomic E-state index is 0.0192. The highest BCUT2D eigenvalue weighted by Gasteiger charge is 2.22. The van der Waals surface area contributed by atoms with Crippen LogP contribution in [0.1, 0.15) is 16.1 Å². The molecule has 0 atom stereocenters. The maximum Gasteiger partial charge on any atom is 0.358 e. The molecule has 2 rings (SSSR count). The van der Waals surface area contributed by atoms with Crippen LogP contribution < -0.4 is 4.74 Å². The van der Waals surface area contributed by atoms with Gasteiger partial charge in [-0.3, -0.25) is 0 Å². The molecular weight excluding hydrogens is 257 g/mol. The molecule has 100 valence electrons. The van der Waals surface area contributed by atoms with Gasteiger partial charge in [0.05, 0.1) is 12.7 Å². The molecule has 0 fully saturated rings. The lowest BCUT2D eigenvalue weighted by Crippen LogP contribution is -1.95. The average molecular weight is 267 g/mol. The van der Waals surface area contributed by atoms with Crippen LogP contribution in [0.15, 0.2) is 16.7 Å². The Morgan fingerprint density at radius 1 is 1.47 bits per heavy atom. The molecule has 7 heteroatoms. The number of aromatic nitrogens is 1. The lowest BCUT2D eigenvalue weighted by molar-refractivity contribution is 0.0686. The fraction of sp³-hybridized carbons (Fsp3) is 0.167. The average Bonchev–Trinajstić information content (AvgIpc) is 2.78. The van der Waals surface area contributed by atoms with Crippen molar-refractivity contribution >= 4 is 5.97 Å². The molecule has 0 amide bonds. The Morgan fingerprint density at radius 3 is 2.68 bits per heavy atom. The zero-order chi connectivity index (χ0) is 14.2. The molecule has 0 unspecified atom stereocenters. The summed E-state index contributed by atoms with van der Waals surface area (Å²) >= 11 is 0. The van der Waals surface area contributed by atoms with Crippen molar-refractivity contribution in [3.05, 3.63) is 29.2 Å². The summed E-state index contributed by atoms with van der Waals surface area (Å²) in [4.78, 5) is 10.7. The van der Waals surface area contributed by atoms with E-state index in [9.17, 15) is 14.3 Å². The number of aromatic carboxylic acids is 1. The highest BCUT2D eigenvalue weighted by atomic mass is 19.1. The number of halogens is 1. The Labute approximate surface area is 107 Å². The van der Waals surface area contributed by atoms with Crippen molar-refractivity contribution in [1.82, 2.24) is 5.16 Å². The molecule has 0 radical (unpaired) electrons. The number of carboxylic acid groups (broad SMARTS) is 1. The van der Waals surface area contributed by atoms with Crippen LogP contribution in [0.5, 0.6) is 11.5 Å². The number of aromatic hydroxyl groups is 1. The third-order valence-electron chi connectivity index (χ3n) is 2.59. The number of benzene rings is 1. The van der Waals surface area contributed by atoms with Crippen molar-refractivity contribution in [3.8, 4) is 22.8 Å². The van der Waals surface area contributed by atoms with Crippen molar-refractivity contribution in [2.24, 2.45) is 0 Å². The maximum absolute atomic E-state index is 13.5. The smallest absolute Gasteiger partial charge is 0.358 e. The normalized spacial score (nSPS) is 10.5. The van der Waals surface area contributed by atoms with Crippen LogP contribution >= 0.6 is 0 Å². The Morgan fingerprint density at radius 2 is 2.16 bits per heavy atom. The number of hydrogen-bond acceptors (Lipinski definition) is 5. The van der Waals surface area contributed by atoms with Gasteiger partial charge in [-0.05, 0) is 18.6 Å². The predicted octanol–water partition coefficient (Wildman–Crippen LogP) is 2.20. The fourth-order valence-corrected chi connectivity index (χ4v) is 1.74. The first-order chi connectivity index (χ1) is 8.95. The summed E-state index contributed by atoms with van der Waals surface area (Å²) in [5.74, 6) is -2.77. The summed E-state index contributed by atoms with van der Waals surface area (Å²) in [5.41, 5.74) is 0.194. The van der Waals surface area contributed by atoms with Crippen molar-refractivity contribution < 1.29 is 28.7 Å². The molecule has 2 N–H and O–H groups in total. The van der Waals surface area contributed by atoms with Gasteiger partial charge in [-0.25, -0.2) is 9.18 Å². The van der Waals surface area contributed by atoms with Crippen LogP contribution in [0.4, 0.5) is 4.39 Å². The standard InChI is InChI=1S/C12H10FNO5/c1-5-3-6(13)11(18-2)10(15)9(5)8-4-7(12(16)17)14-19-8/h3-4,15H,1-2H3,(H,16,17). The minimum Gasteiger partial charge on any atom is -0.504 e. The van der Waals surface area contributed by atoms with Crippen LogP contribution in [-0.4, -0.2) is 28.4 Å². The van der Waals surface area contributed by atoms with Gasteiger partial charge in [0.15, 0.2) is 28.8 Å². The van der Waals surface area contributed by atoms with E-state index in [0.29, 0.717) is 5.56 Å². The number of hydrogen-bond donors (Lipinski definition) is 2. The van der Waals surface area contributed by atoms with E-state index in [0.717, 1.165) is 12.1 Å². The lowest BCUT2D eigenvalue weighted by atomic mass is 10.0. The number of phenols is 1. The van der Waals surface area contributed by atoms with Crippen molar-refractivity contribution in [2.75, 3.05) is 7.11 Å². The quantitative estimate of drug-likeness (QED) is 0.885. The number of methoxy groups -OCH3 is 1. The summed E-state index contributed by atoms with van der Waals surface area (Å²) < 4.78 is 23.1. The van der Waals surface area contributed by atoms with E-state index in [2.05, 4.69) is 5.16 Å². The van der Waals surface area contributed by atoms with Gasteiger partial charge in [0.2, 0.25) is 0 Å². The molecule has 1 aromatic heterocycles. The monoisotopic (exact) mass is 267 g/mol. The third-order valence-corrected chi connectivity index (χ3v) is 2.59. The van der Waals surface area contributed by atoms with Gasteiger partial charge in [0, 0.05) is 6.07 Å². The SMILES string of the molecule is COc1c(F)cc(C)c(-c2cc(C(=O)O)no2)c1O. The maximum atomic E-state index is 13.5. The number of carbonyl (C=O) groups is 1. The zero-order valence-electron chi connectivity index (χ0n) is 10.1. The van der Waals surface area contributed by atoms with E-state index >= 15 is 0 Å². The van der Waals surface area contributed by atoms with Gasteiger partial charge in [-0.15, -0.1) is 0 Å². The van der Waals surface area contributed by atoms with Gasteiger partial charge in [-0.1, -0.05) is 5.16 Å². The number of nitrogens with zero attached hydrogens (tertiary/aromatic N) is 1. The van der Waals surface area contributed by atoms with Crippen LogP contribution in [0, 0.1) is 12.7 Å². The molecule has 2 aromatic rings. The summed E-state index contributed by atoms with van der Waals surface area (Å²) in [5, 5.41) is 22.0. The molecule has 0 bridgehead atoms. The van der Waals surface area contributed by atoms with Gasteiger partial charge >= 0.3 is 5.97 Å². The molecule has 0 spiro atoms. The van der Waals surface area contributed by atoms with Crippen LogP contribution in [-0.2, 0) is 0 Å². The first kappa shape index (κ1) is 12.9. The number of carboxylic acids is 1. The zero-order valence-corrected chi connectivity index (χ0v) is 10.1. The van der Waals surface area contributed by atoms with E-state index in [1.807, 2.05) is 0 Å². The fourth-order valence-electron chi connectivity index (χ4n) is 1.74. The third kappa shape index (κ3) is 2.10. The molecule has 0 aliphatic heterocycles. The topological polar surface area (TPSA) is 92.8 Å². The second-order valence-corrected chi connectivity index (χ2v) is 3.81. The molecular formula is C12H10FNO5. The molecule has 0 aliphatic rings. The van der Waals surface area contributed by atoms with Gasteiger partial charge in [-0.2, -0.15) is 0 Å². The molecule has 0 aliphatic carbocycles. The number of phenolic OH excluding ortho intramolecular Hbond substituents is 1. The molecule has 0 saturated carbocycles. The highest BCUT2D eigenvalue weighted by Crippen LogP contribution is 2.41. The summed E-state index contributed by atoms with van der Waals surface area (Å²) in [6.45, 7) is 1.54. The Balaban J connectivity index is 2.64. The largest absolute Gasteiger partial charge is 0.504 e. The highest BCUT2D eigenvalue weighted by molar-refractivity contribution is 5.87. The second-order valence-electron chi connectivity index (χ2n) is 3.81. The summed E-state index contributed by atoms with van der Waals surface area (Å²) in [6, 6.07) is 2.29. The van der Waals surface area contributed by atoms with E-state index in [4.69, 9.17) is 14.4 Å². The Kier molecular flexibility index (Phi) is 3.12. The van der Waals surface area contributed by atoms with Crippen LogP contribution in [0.2, 0.25) is 0 Å². The molecule has 19 heavy (non-hydrogen) atoms. The molecule has 1 aromatic carbocycles. The molecule has 6 nitrogen and oxygen atoms in total. The van der Waals surface area contributed by atoms with Crippen LogP contribution in [0.25, 0.3) is 11.3 Å². The molecule has 1 heterocycles. The summed E-state index contributed by atoms with van der Waals surface area (Å²) in [6.07, 6.45) is 0. The number of ether oxygens (including phenoxy) is 1. The Bertz CT molecular complexity index is 650. The van der Waals surface area contributed by atoms with Gasteiger partial charge < -0.3 is 19.5 Å². The van der Waals surface area contributed by atoms with E-state index < -0.39 is 17.5 Å². The number of rotatable bonds is 3. The Hall–Kier alpha value is -2.57. The first-order valence-corrected chi connectivity index (χ1v) is 5.22. The van der Waals surface area contributed by atoms with E-state index in [1.165, 1.54) is 7.11 Å². The van der Waals surface area contributed by atoms with Crippen molar-refractivity contribution in [1.29, 1.82) is 0 Å². The van der Waals surface area contributed by atoms with Gasteiger partial charge in [0.1, 0.15) is 0 Å². The predicted molar refractivity (Wildman–Crippen MR) is 61.8 cm³/mol. The summed E-state index contributed by atoms with van der Waals surface area (Å²) in [7, 11) is 1.21. The minimum atomic E-state index is -1.26. The van der Waals surface area contributed by atoms with E-state index in [1.54, 1.807) is 6.92 Å². The number of aryl methyl sites for hydroxylation is 1. The lowest BCUT2D eigenvalue weighted by Gasteiger charge is -2.10. The first-order valence-electron chi connectivity index (χ1n) is 5.22. The van der Waals surface area contributed by atoms with Gasteiger partial charge in [0.25, 0.3) is 0 Å². The van der Waals surface area contributed by atoms with E-state index in [-0.39, 0.29) is 22.8 Å². The van der Waals surface area contributed by atoms with Crippen LogP contribution in [0.3, 0.4) is 0 Å².